The number of hydrogen-bond donors (Lipinski definition) is 1. The number of rotatable bonds is 5. The van der Waals surface area contributed by atoms with Crippen LogP contribution in [-0.4, -0.2) is 11.1 Å². The molecular formula is C16H15IO2S. The highest BCUT2D eigenvalue weighted by atomic mass is 127. The molecule has 20 heavy (non-hydrogen) atoms. The predicted octanol–water partition coefficient (Wildman–Crippen LogP) is 4.63. The van der Waals surface area contributed by atoms with Crippen molar-refractivity contribution in [3.8, 4) is 0 Å². The summed E-state index contributed by atoms with van der Waals surface area (Å²) in [5, 5.41) is 8.76. The molecule has 104 valence electrons. The first-order valence-corrected chi connectivity index (χ1v) is 8.25. The standard InChI is InChI=1S/C16H15IO2S/c1-2-12-10-13(17)5-8-15(12)20-14-6-3-11(4-7-14)9-16(18)19/h3-8,10H,2,9H2,1H3,(H,18,19). The molecule has 0 aliphatic rings. The highest BCUT2D eigenvalue weighted by molar-refractivity contribution is 14.1. The molecule has 0 radical (unpaired) electrons. The summed E-state index contributed by atoms with van der Waals surface area (Å²) in [6.07, 6.45) is 1.09. The number of hydrogen-bond acceptors (Lipinski definition) is 2. The fourth-order valence-electron chi connectivity index (χ4n) is 1.90. The SMILES string of the molecule is CCc1cc(I)ccc1Sc1ccc(CC(=O)O)cc1. The number of carbonyl (C=O) groups is 1. The lowest BCUT2D eigenvalue weighted by Gasteiger charge is -2.08. The highest BCUT2D eigenvalue weighted by Gasteiger charge is 2.05. The van der Waals surface area contributed by atoms with E-state index in [1.165, 1.54) is 14.0 Å². The van der Waals surface area contributed by atoms with Crippen molar-refractivity contribution < 1.29 is 9.90 Å². The predicted molar refractivity (Wildman–Crippen MR) is 90.4 cm³/mol. The maximum absolute atomic E-state index is 10.7. The highest BCUT2D eigenvalue weighted by Crippen LogP contribution is 2.31. The molecule has 2 rings (SSSR count). The molecule has 0 aliphatic heterocycles. The molecule has 1 N–H and O–H groups in total. The lowest BCUT2D eigenvalue weighted by molar-refractivity contribution is -0.136. The second-order valence-corrected chi connectivity index (χ2v) is 6.78. The molecule has 4 heteroatoms. The summed E-state index contributed by atoms with van der Waals surface area (Å²) in [4.78, 5) is 13.1. The average molecular weight is 398 g/mol. The Hall–Kier alpha value is -1.01. The van der Waals surface area contributed by atoms with Crippen LogP contribution in [-0.2, 0) is 17.6 Å². The third kappa shape index (κ3) is 4.24. The van der Waals surface area contributed by atoms with Gasteiger partial charge in [0, 0.05) is 13.4 Å². The zero-order valence-electron chi connectivity index (χ0n) is 11.1. The van der Waals surface area contributed by atoms with E-state index in [1.54, 1.807) is 11.8 Å². The second-order valence-electron chi connectivity index (χ2n) is 4.42. The number of carboxylic acids is 1. The molecule has 0 fully saturated rings. The Bertz CT molecular complexity index is 608. The van der Waals surface area contributed by atoms with E-state index < -0.39 is 5.97 Å². The number of aliphatic carboxylic acids is 1. The molecule has 0 saturated carbocycles. The monoisotopic (exact) mass is 398 g/mol. The normalized spacial score (nSPS) is 10.5. The van der Waals surface area contributed by atoms with Crippen LogP contribution in [0.4, 0.5) is 0 Å². The lowest BCUT2D eigenvalue weighted by atomic mass is 10.2. The molecule has 0 saturated heterocycles. The third-order valence-electron chi connectivity index (χ3n) is 2.91. The quantitative estimate of drug-likeness (QED) is 0.747. The lowest BCUT2D eigenvalue weighted by Crippen LogP contribution is -1.99. The van der Waals surface area contributed by atoms with Gasteiger partial charge in [-0.1, -0.05) is 30.8 Å². The van der Waals surface area contributed by atoms with Crippen LogP contribution in [0.15, 0.2) is 52.3 Å². The molecule has 0 unspecified atom stereocenters. The summed E-state index contributed by atoms with van der Waals surface area (Å²) in [5.74, 6) is -0.795. The van der Waals surface area contributed by atoms with E-state index in [-0.39, 0.29) is 6.42 Å². The van der Waals surface area contributed by atoms with E-state index in [4.69, 9.17) is 5.11 Å². The van der Waals surface area contributed by atoms with Crippen molar-refractivity contribution in [2.24, 2.45) is 0 Å². The molecule has 2 aromatic carbocycles. The molecule has 0 atom stereocenters. The van der Waals surface area contributed by atoms with Gasteiger partial charge in [-0.3, -0.25) is 4.79 Å². The Morgan fingerprint density at radius 2 is 1.90 bits per heavy atom. The van der Waals surface area contributed by atoms with Crippen molar-refractivity contribution in [2.75, 3.05) is 0 Å². The van der Waals surface area contributed by atoms with Crippen molar-refractivity contribution in [2.45, 2.75) is 29.6 Å². The first kappa shape index (κ1) is 15.4. The topological polar surface area (TPSA) is 37.3 Å². The van der Waals surface area contributed by atoms with E-state index in [0.717, 1.165) is 16.9 Å². The zero-order valence-corrected chi connectivity index (χ0v) is 14.1. The Kier molecular flexibility index (Phi) is 5.48. The number of benzene rings is 2. The van der Waals surface area contributed by atoms with Gasteiger partial charge in [-0.25, -0.2) is 0 Å². The Labute approximate surface area is 136 Å². The van der Waals surface area contributed by atoms with E-state index in [9.17, 15) is 4.79 Å². The fraction of sp³-hybridized carbons (Fsp3) is 0.188. The van der Waals surface area contributed by atoms with E-state index in [0.29, 0.717) is 0 Å². The van der Waals surface area contributed by atoms with Gasteiger partial charge in [0.15, 0.2) is 0 Å². The van der Waals surface area contributed by atoms with Crippen molar-refractivity contribution >= 4 is 40.3 Å². The maximum atomic E-state index is 10.7. The van der Waals surface area contributed by atoms with Gasteiger partial charge in [0.1, 0.15) is 0 Å². The van der Waals surface area contributed by atoms with Gasteiger partial charge in [-0.05, 0) is 70.5 Å². The minimum Gasteiger partial charge on any atom is -0.481 e. The van der Waals surface area contributed by atoms with Crippen molar-refractivity contribution in [3.05, 3.63) is 57.2 Å². The second kappa shape index (κ2) is 7.13. The third-order valence-corrected chi connectivity index (χ3v) is 4.71. The minimum absolute atomic E-state index is 0.0781. The Morgan fingerprint density at radius 1 is 1.20 bits per heavy atom. The van der Waals surface area contributed by atoms with Gasteiger partial charge in [-0.2, -0.15) is 0 Å². The summed E-state index contributed by atoms with van der Waals surface area (Å²) < 4.78 is 1.25. The zero-order chi connectivity index (χ0) is 14.5. The summed E-state index contributed by atoms with van der Waals surface area (Å²) in [6.45, 7) is 2.16. The average Bonchev–Trinajstić information content (AvgIpc) is 2.42. The van der Waals surface area contributed by atoms with Crippen LogP contribution in [0, 0.1) is 3.57 Å². The van der Waals surface area contributed by atoms with Crippen LogP contribution in [0.25, 0.3) is 0 Å². The largest absolute Gasteiger partial charge is 0.481 e. The first-order chi connectivity index (χ1) is 9.58. The number of aryl methyl sites for hydroxylation is 1. The van der Waals surface area contributed by atoms with Crippen LogP contribution >= 0.6 is 34.4 Å². The summed E-state index contributed by atoms with van der Waals surface area (Å²) in [7, 11) is 0. The molecule has 0 bridgehead atoms. The van der Waals surface area contributed by atoms with E-state index in [2.05, 4.69) is 47.7 Å². The molecular weight excluding hydrogens is 383 g/mol. The smallest absolute Gasteiger partial charge is 0.307 e. The van der Waals surface area contributed by atoms with E-state index >= 15 is 0 Å². The summed E-state index contributed by atoms with van der Waals surface area (Å²) in [6, 6.07) is 14.2. The molecule has 0 aromatic heterocycles. The van der Waals surface area contributed by atoms with Gasteiger partial charge in [0.25, 0.3) is 0 Å². The summed E-state index contributed by atoms with van der Waals surface area (Å²) in [5.41, 5.74) is 2.18. The van der Waals surface area contributed by atoms with Crippen molar-refractivity contribution in [1.29, 1.82) is 0 Å². The van der Waals surface area contributed by atoms with Crippen LogP contribution in [0.1, 0.15) is 18.1 Å². The Balaban J connectivity index is 2.16. The summed E-state index contributed by atoms with van der Waals surface area (Å²) >= 11 is 4.05. The van der Waals surface area contributed by atoms with Crippen LogP contribution in [0.3, 0.4) is 0 Å². The van der Waals surface area contributed by atoms with Crippen LogP contribution in [0.2, 0.25) is 0 Å². The molecule has 2 nitrogen and oxygen atoms in total. The molecule has 0 aliphatic carbocycles. The first-order valence-electron chi connectivity index (χ1n) is 6.35. The molecule has 2 aromatic rings. The Morgan fingerprint density at radius 3 is 2.50 bits per heavy atom. The van der Waals surface area contributed by atoms with Gasteiger partial charge in [-0.15, -0.1) is 0 Å². The number of halogens is 1. The van der Waals surface area contributed by atoms with Gasteiger partial charge in [0.2, 0.25) is 0 Å². The fourth-order valence-corrected chi connectivity index (χ4v) is 3.45. The molecule has 0 heterocycles. The van der Waals surface area contributed by atoms with Gasteiger partial charge >= 0.3 is 5.97 Å². The van der Waals surface area contributed by atoms with E-state index in [1.807, 2.05) is 24.3 Å². The van der Waals surface area contributed by atoms with Crippen LogP contribution in [0.5, 0.6) is 0 Å². The van der Waals surface area contributed by atoms with Gasteiger partial charge < -0.3 is 5.11 Å². The minimum atomic E-state index is -0.795. The molecule has 0 amide bonds. The molecule has 0 spiro atoms. The van der Waals surface area contributed by atoms with Crippen molar-refractivity contribution in [1.82, 2.24) is 0 Å². The van der Waals surface area contributed by atoms with Crippen molar-refractivity contribution in [3.63, 3.8) is 0 Å². The van der Waals surface area contributed by atoms with Gasteiger partial charge in [0.05, 0.1) is 6.42 Å². The van der Waals surface area contributed by atoms with Crippen LogP contribution < -0.4 is 0 Å². The number of carboxylic acid groups (broad SMARTS) is 1. The maximum Gasteiger partial charge on any atom is 0.307 e.